The molecule has 1 saturated heterocycles. The zero-order valence-electron chi connectivity index (χ0n) is 17.7. The Bertz CT molecular complexity index is 1090. The molecule has 0 unspecified atom stereocenters. The van der Waals surface area contributed by atoms with E-state index < -0.39 is 6.10 Å². The summed E-state index contributed by atoms with van der Waals surface area (Å²) in [5, 5.41) is 1.07. The molecule has 0 radical (unpaired) electrons. The Kier molecular flexibility index (Phi) is 5.94. The van der Waals surface area contributed by atoms with Gasteiger partial charge in [0, 0.05) is 32.6 Å². The van der Waals surface area contributed by atoms with E-state index in [4.69, 9.17) is 9.47 Å². The number of benzene rings is 2. The number of fused-ring (bicyclic) bond motifs is 2. The smallest absolute Gasteiger partial charge is 0.267 e. The Hall–Kier alpha value is -3.13. The minimum atomic E-state index is -0.638. The van der Waals surface area contributed by atoms with Crippen molar-refractivity contribution >= 4 is 33.4 Å². The fraction of sp³-hybridized carbons (Fsp3) is 0.375. The molecule has 2 amide bonds. The molecule has 8 heteroatoms. The van der Waals surface area contributed by atoms with E-state index >= 15 is 0 Å². The van der Waals surface area contributed by atoms with Crippen molar-refractivity contribution in [2.24, 2.45) is 0 Å². The number of aromatic nitrogens is 1. The number of carbonyl (C=O) groups excluding carboxylic acids is 2. The van der Waals surface area contributed by atoms with Crippen LogP contribution in [0.4, 0.5) is 0 Å². The van der Waals surface area contributed by atoms with E-state index in [2.05, 4.69) is 11.1 Å². The predicted molar refractivity (Wildman–Crippen MR) is 122 cm³/mol. The van der Waals surface area contributed by atoms with Gasteiger partial charge in [0.15, 0.2) is 11.5 Å². The third kappa shape index (κ3) is 4.41. The molecule has 2 aliphatic heterocycles. The molecular weight excluding hydrogens is 426 g/mol. The van der Waals surface area contributed by atoms with Gasteiger partial charge in [0.25, 0.3) is 5.91 Å². The first kappa shape index (κ1) is 20.8. The second kappa shape index (κ2) is 9.16. The number of aryl methyl sites for hydroxylation is 1. The average Bonchev–Trinajstić information content (AvgIpc) is 3.26. The maximum Gasteiger partial charge on any atom is 0.267 e. The number of piperazine rings is 1. The van der Waals surface area contributed by atoms with Gasteiger partial charge < -0.3 is 19.3 Å². The van der Waals surface area contributed by atoms with Crippen LogP contribution in [0.1, 0.15) is 17.8 Å². The van der Waals surface area contributed by atoms with Gasteiger partial charge in [-0.2, -0.15) is 0 Å². The number of para-hydroxylation sites is 3. The lowest BCUT2D eigenvalue weighted by Crippen LogP contribution is -2.55. The van der Waals surface area contributed by atoms with Crippen LogP contribution in [0, 0.1) is 0 Å². The molecule has 2 aromatic carbocycles. The van der Waals surface area contributed by atoms with Crippen molar-refractivity contribution in [3.63, 3.8) is 0 Å². The van der Waals surface area contributed by atoms with Gasteiger partial charge in [-0.15, -0.1) is 11.3 Å². The van der Waals surface area contributed by atoms with Crippen LogP contribution in [0.5, 0.6) is 11.5 Å². The second-order valence-corrected chi connectivity index (χ2v) is 9.11. The maximum absolute atomic E-state index is 12.9. The van der Waals surface area contributed by atoms with Crippen molar-refractivity contribution in [2.75, 3.05) is 32.8 Å². The average molecular weight is 452 g/mol. The summed E-state index contributed by atoms with van der Waals surface area (Å²) in [5.41, 5.74) is 1.02. The topological polar surface area (TPSA) is 72.0 Å². The molecule has 7 nitrogen and oxygen atoms in total. The highest BCUT2D eigenvalue weighted by atomic mass is 32.1. The van der Waals surface area contributed by atoms with Gasteiger partial charge in [-0.3, -0.25) is 9.59 Å². The molecule has 0 aliphatic carbocycles. The molecule has 5 rings (SSSR count). The molecular formula is C24H25N3O4S. The van der Waals surface area contributed by atoms with Gasteiger partial charge in [-0.1, -0.05) is 24.3 Å². The Balaban J connectivity index is 1.07. The maximum atomic E-state index is 12.9. The normalized spacial score (nSPS) is 18.1. The van der Waals surface area contributed by atoms with E-state index in [0.717, 1.165) is 23.4 Å². The zero-order valence-corrected chi connectivity index (χ0v) is 18.6. The van der Waals surface area contributed by atoms with Crippen LogP contribution in [-0.2, 0) is 16.0 Å². The van der Waals surface area contributed by atoms with Crippen molar-refractivity contribution in [3.8, 4) is 11.5 Å². The Morgan fingerprint density at radius 2 is 1.69 bits per heavy atom. The van der Waals surface area contributed by atoms with Crippen LogP contribution in [0.3, 0.4) is 0 Å². The molecule has 0 saturated carbocycles. The Labute approximate surface area is 190 Å². The Morgan fingerprint density at radius 3 is 2.50 bits per heavy atom. The summed E-state index contributed by atoms with van der Waals surface area (Å²) in [6.45, 7) is 2.35. The van der Waals surface area contributed by atoms with Crippen molar-refractivity contribution in [2.45, 2.75) is 25.4 Å². The Morgan fingerprint density at radius 1 is 0.969 bits per heavy atom. The first-order valence-electron chi connectivity index (χ1n) is 11.0. The van der Waals surface area contributed by atoms with Crippen molar-refractivity contribution in [1.29, 1.82) is 0 Å². The monoisotopic (exact) mass is 451 g/mol. The summed E-state index contributed by atoms with van der Waals surface area (Å²) in [6, 6.07) is 15.5. The van der Waals surface area contributed by atoms with Crippen LogP contribution < -0.4 is 9.47 Å². The van der Waals surface area contributed by atoms with E-state index in [-0.39, 0.29) is 18.4 Å². The van der Waals surface area contributed by atoms with E-state index in [1.807, 2.05) is 41.3 Å². The highest BCUT2D eigenvalue weighted by molar-refractivity contribution is 7.18. The lowest BCUT2D eigenvalue weighted by molar-refractivity contribution is -0.146. The number of nitrogens with zero attached hydrogens (tertiary/aromatic N) is 3. The van der Waals surface area contributed by atoms with Gasteiger partial charge >= 0.3 is 0 Å². The van der Waals surface area contributed by atoms with Crippen molar-refractivity contribution in [3.05, 3.63) is 53.5 Å². The summed E-state index contributed by atoms with van der Waals surface area (Å²) in [7, 11) is 0. The number of thiazole rings is 1. The molecule has 3 heterocycles. The van der Waals surface area contributed by atoms with Crippen LogP contribution in [0.25, 0.3) is 10.2 Å². The van der Waals surface area contributed by atoms with Crippen molar-refractivity contribution < 1.29 is 19.1 Å². The largest absolute Gasteiger partial charge is 0.485 e. The molecule has 3 aromatic rings. The summed E-state index contributed by atoms with van der Waals surface area (Å²) < 4.78 is 12.7. The van der Waals surface area contributed by atoms with Gasteiger partial charge in [0.2, 0.25) is 12.0 Å². The molecule has 2 aliphatic rings. The van der Waals surface area contributed by atoms with Gasteiger partial charge in [0.05, 0.1) is 15.2 Å². The summed E-state index contributed by atoms with van der Waals surface area (Å²) in [6.07, 6.45) is 1.45. The molecule has 1 aromatic heterocycles. The third-order valence-electron chi connectivity index (χ3n) is 5.85. The molecule has 1 fully saturated rings. The van der Waals surface area contributed by atoms with Crippen molar-refractivity contribution in [1.82, 2.24) is 14.8 Å². The number of ether oxygens (including phenoxy) is 2. The number of carbonyl (C=O) groups is 2. The van der Waals surface area contributed by atoms with E-state index in [1.165, 1.54) is 4.70 Å². The number of hydrogen-bond acceptors (Lipinski definition) is 6. The van der Waals surface area contributed by atoms with Gasteiger partial charge in [-0.05, 0) is 37.1 Å². The predicted octanol–water partition coefficient (Wildman–Crippen LogP) is 3.13. The molecule has 0 N–H and O–H groups in total. The van der Waals surface area contributed by atoms with E-state index in [1.54, 1.807) is 22.3 Å². The molecule has 0 bridgehead atoms. The first-order valence-corrected chi connectivity index (χ1v) is 11.8. The van der Waals surface area contributed by atoms with Crippen LogP contribution in [0.15, 0.2) is 48.5 Å². The highest BCUT2D eigenvalue weighted by Crippen LogP contribution is 2.31. The fourth-order valence-corrected chi connectivity index (χ4v) is 5.11. The number of rotatable bonds is 5. The lowest BCUT2D eigenvalue weighted by Gasteiger charge is -2.37. The van der Waals surface area contributed by atoms with Gasteiger partial charge in [0.1, 0.15) is 6.61 Å². The first-order chi connectivity index (χ1) is 15.7. The number of hydrogen-bond donors (Lipinski definition) is 0. The van der Waals surface area contributed by atoms with Crippen LogP contribution in [0.2, 0.25) is 0 Å². The quantitative estimate of drug-likeness (QED) is 0.596. The zero-order chi connectivity index (χ0) is 21.9. The summed E-state index contributed by atoms with van der Waals surface area (Å²) in [4.78, 5) is 33.8. The molecule has 32 heavy (non-hydrogen) atoms. The summed E-state index contributed by atoms with van der Waals surface area (Å²) in [5.74, 6) is 1.32. The third-order valence-corrected chi connectivity index (χ3v) is 6.94. The molecule has 1 atom stereocenters. The van der Waals surface area contributed by atoms with Crippen LogP contribution in [-0.4, -0.2) is 65.5 Å². The van der Waals surface area contributed by atoms with Crippen LogP contribution >= 0.6 is 11.3 Å². The minimum absolute atomic E-state index is 0.0811. The summed E-state index contributed by atoms with van der Waals surface area (Å²) >= 11 is 1.70. The standard InChI is InChI=1S/C24H25N3O4S/c28-23(11-5-10-22-25-17-6-1-4-9-21(17)32-22)26-12-14-27(15-13-26)24(29)20-16-30-18-7-2-3-8-19(18)31-20/h1-4,6-9,20H,5,10-16H2/t20-/m0/s1. The highest BCUT2D eigenvalue weighted by Gasteiger charge is 2.33. The molecule has 0 spiro atoms. The van der Waals surface area contributed by atoms with E-state index in [9.17, 15) is 9.59 Å². The SMILES string of the molecule is O=C(CCCc1nc2ccccc2s1)N1CCN(C(=O)[C@@H]2COc3ccccc3O2)CC1. The molecule has 166 valence electrons. The lowest BCUT2D eigenvalue weighted by atomic mass is 10.2. The second-order valence-electron chi connectivity index (χ2n) is 8.00. The fourth-order valence-electron chi connectivity index (χ4n) is 4.10. The number of amides is 2. The van der Waals surface area contributed by atoms with E-state index in [0.29, 0.717) is 44.1 Å². The van der Waals surface area contributed by atoms with Gasteiger partial charge in [-0.25, -0.2) is 4.98 Å². The minimum Gasteiger partial charge on any atom is -0.485 e.